The number of hydrogen-bond acceptors (Lipinski definition) is 6. The molecule has 0 unspecified atom stereocenters. The van der Waals surface area contributed by atoms with Crippen LogP contribution in [0, 0.1) is 0 Å². The summed E-state index contributed by atoms with van der Waals surface area (Å²) in [5.41, 5.74) is 1.13. The van der Waals surface area contributed by atoms with Gasteiger partial charge in [-0.05, 0) is 48.4 Å². The number of fused-ring (bicyclic) bond motifs is 1. The molecule has 0 radical (unpaired) electrons. The minimum Gasteiger partial charge on any atom is -0.493 e. The van der Waals surface area contributed by atoms with Crippen LogP contribution in [-0.4, -0.2) is 26.0 Å². The van der Waals surface area contributed by atoms with Gasteiger partial charge < -0.3 is 18.9 Å². The third-order valence-corrected chi connectivity index (χ3v) is 7.56. The fraction of sp³-hybridized carbons (Fsp3) is 0.543. The molecule has 1 aliphatic heterocycles. The Morgan fingerprint density at radius 3 is 1.90 bits per heavy atom. The Hall–Kier alpha value is -3.28. The summed E-state index contributed by atoms with van der Waals surface area (Å²) in [5, 5.41) is 0. The first-order valence-electron chi connectivity index (χ1n) is 15.6. The summed E-state index contributed by atoms with van der Waals surface area (Å²) in [4.78, 5) is 25.3. The molecule has 2 aromatic rings. The lowest BCUT2D eigenvalue weighted by molar-refractivity contribution is -0.134. The van der Waals surface area contributed by atoms with E-state index in [0.29, 0.717) is 35.0 Å². The fourth-order valence-electron chi connectivity index (χ4n) is 5.15. The summed E-state index contributed by atoms with van der Waals surface area (Å²) < 4.78 is 21.9. The van der Waals surface area contributed by atoms with Crippen LogP contribution < -0.4 is 18.9 Å². The monoisotopic (exact) mass is 564 g/mol. The minimum absolute atomic E-state index is 0.202. The van der Waals surface area contributed by atoms with E-state index in [1.807, 2.05) is 6.07 Å². The second kappa shape index (κ2) is 18.2. The molecule has 6 nitrogen and oxygen atoms in total. The largest absolute Gasteiger partial charge is 0.493 e. The number of ether oxygens (including phenoxy) is 4. The quantitative estimate of drug-likeness (QED) is 0.0690. The van der Waals surface area contributed by atoms with Crippen molar-refractivity contribution in [2.24, 2.45) is 0 Å². The van der Waals surface area contributed by atoms with Crippen LogP contribution in [0.2, 0.25) is 0 Å². The SMILES string of the molecule is CCCCCCCCCCCCCCCCCC(=O)Oc1ccc2c(c1)C(=O)/C(=C/c1ccc(OC)c(OC)c1)O2. The van der Waals surface area contributed by atoms with Crippen LogP contribution in [0.1, 0.15) is 126 Å². The maximum absolute atomic E-state index is 13.0. The summed E-state index contributed by atoms with van der Waals surface area (Å²) >= 11 is 0. The zero-order valence-corrected chi connectivity index (χ0v) is 25.3. The lowest BCUT2D eigenvalue weighted by Gasteiger charge is -2.08. The number of allylic oxidation sites excluding steroid dienone is 1. The second-order valence-electron chi connectivity index (χ2n) is 10.9. The molecule has 0 saturated heterocycles. The number of unbranched alkanes of at least 4 members (excludes halogenated alkanes) is 14. The Kier molecular flexibility index (Phi) is 14.3. The van der Waals surface area contributed by atoms with Crippen molar-refractivity contribution in [2.45, 2.75) is 110 Å². The van der Waals surface area contributed by atoms with Crippen molar-refractivity contribution in [1.82, 2.24) is 0 Å². The first-order valence-corrected chi connectivity index (χ1v) is 15.6. The Bertz CT molecular complexity index is 1140. The molecule has 0 aromatic heterocycles. The number of methoxy groups -OCH3 is 2. The number of carbonyl (C=O) groups is 2. The summed E-state index contributed by atoms with van der Waals surface area (Å²) in [6.07, 6.45) is 21.3. The predicted molar refractivity (Wildman–Crippen MR) is 164 cm³/mol. The number of ketones is 1. The molecule has 1 aliphatic rings. The van der Waals surface area contributed by atoms with E-state index in [0.717, 1.165) is 24.8 Å². The number of Topliss-reactive ketones (excluding diaryl/α,β-unsaturated/α-hetero) is 1. The first kappa shape index (κ1) is 32.2. The predicted octanol–water partition coefficient (Wildman–Crippen LogP) is 9.49. The summed E-state index contributed by atoms with van der Waals surface area (Å²) in [5.74, 6) is 1.65. The lowest BCUT2D eigenvalue weighted by atomic mass is 10.0. The van der Waals surface area contributed by atoms with E-state index in [1.54, 1.807) is 50.6 Å². The molecule has 3 rings (SSSR count). The highest BCUT2D eigenvalue weighted by atomic mass is 16.5. The van der Waals surface area contributed by atoms with E-state index in [-0.39, 0.29) is 17.5 Å². The second-order valence-corrected chi connectivity index (χ2v) is 10.9. The highest BCUT2D eigenvalue weighted by molar-refractivity contribution is 6.14. The van der Waals surface area contributed by atoms with Gasteiger partial charge in [0.2, 0.25) is 5.78 Å². The van der Waals surface area contributed by atoms with Crippen molar-refractivity contribution >= 4 is 17.8 Å². The molecule has 0 atom stereocenters. The standard InChI is InChI=1S/C35H48O6/c1-4-5-6-7-8-9-10-11-12-13-14-15-16-17-18-19-34(36)40-28-21-23-30-29(26-28)35(37)33(41-30)25-27-20-22-31(38-2)32(24-27)39-3/h20-26H,4-19H2,1-3H3/b33-25-. The van der Waals surface area contributed by atoms with Gasteiger partial charge in [0.15, 0.2) is 17.3 Å². The molecule has 0 N–H and O–H groups in total. The van der Waals surface area contributed by atoms with E-state index in [2.05, 4.69) is 6.92 Å². The normalized spacial score (nSPS) is 13.2. The average molecular weight is 565 g/mol. The fourth-order valence-corrected chi connectivity index (χ4v) is 5.15. The molecule has 0 fully saturated rings. The van der Waals surface area contributed by atoms with Crippen molar-refractivity contribution in [2.75, 3.05) is 14.2 Å². The molecule has 0 saturated carbocycles. The average Bonchev–Trinajstić information content (AvgIpc) is 3.29. The number of esters is 1. The highest BCUT2D eigenvalue weighted by Gasteiger charge is 2.28. The molecule has 2 aromatic carbocycles. The Labute approximate surface area is 246 Å². The number of hydrogen-bond donors (Lipinski definition) is 0. The molecule has 1 heterocycles. The van der Waals surface area contributed by atoms with Gasteiger partial charge >= 0.3 is 5.97 Å². The van der Waals surface area contributed by atoms with Crippen molar-refractivity contribution in [3.05, 3.63) is 53.3 Å². The van der Waals surface area contributed by atoms with Gasteiger partial charge in [-0.2, -0.15) is 0 Å². The Balaban J connectivity index is 1.30. The molecular formula is C35H48O6. The summed E-state index contributed by atoms with van der Waals surface area (Å²) in [6.45, 7) is 2.27. The van der Waals surface area contributed by atoms with Crippen molar-refractivity contribution in [1.29, 1.82) is 0 Å². The third-order valence-electron chi connectivity index (χ3n) is 7.56. The Morgan fingerprint density at radius 1 is 0.732 bits per heavy atom. The first-order chi connectivity index (χ1) is 20.0. The van der Waals surface area contributed by atoms with Crippen molar-refractivity contribution in [3.63, 3.8) is 0 Å². The van der Waals surface area contributed by atoms with Crippen molar-refractivity contribution < 1.29 is 28.5 Å². The molecule has 0 aliphatic carbocycles. The maximum atomic E-state index is 13.0. The number of rotatable bonds is 20. The van der Waals surface area contributed by atoms with E-state index < -0.39 is 0 Å². The van der Waals surface area contributed by atoms with Crippen LogP contribution in [0.15, 0.2) is 42.2 Å². The van der Waals surface area contributed by atoms with Gasteiger partial charge in [0.1, 0.15) is 11.5 Å². The molecule has 0 amide bonds. The lowest BCUT2D eigenvalue weighted by Crippen LogP contribution is -2.08. The van der Waals surface area contributed by atoms with E-state index in [4.69, 9.17) is 18.9 Å². The summed E-state index contributed by atoms with van der Waals surface area (Å²) in [7, 11) is 3.13. The van der Waals surface area contributed by atoms with Gasteiger partial charge in [0.05, 0.1) is 19.8 Å². The topological polar surface area (TPSA) is 71.1 Å². The molecule has 0 bridgehead atoms. The molecule has 6 heteroatoms. The van der Waals surface area contributed by atoms with Gasteiger partial charge in [0.25, 0.3) is 0 Å². The van der Waals surface area contributed by atoms with Crippen LogP contribution >= 0.6 is 0 Å². The van der Waals surface area contributed by atoms with Crippen LogP contribution in [0.4, 0.5) is 0 Å². The molecular weight excluding hydrogens is 516 g/mol. The zero-order valence-electron chi connectivity index (χ0n) is 25.3. The van der Waals surface area contributed by atoms with Crippen LogP contribution in [0.5, 0.6) is 23.0 Å². The van der Waals surface area contributed by atoms with Crippen molar-refractivity contribution in [3.8, 4) is 23.0 Å². The minimum atomic E-state index is -0.271. The number of carbonyl (C=O) groups excluding carboxylic acids is 2. The van der Waals surface area contributed by atoms with E-state index in [1.165, 1.54) is 77.0 Å². The van der Waals surface area contributed by atoms with E-state index >= 15 is 0 Å². The van der Waals surface area contributed by atoms with Gasteiger partial charge in [-0.15, -0.1) is 0 Å². The van der Waals surface area contributed by atoms with Gasteiger partial charge in [-0.3, -0.25) is 9.59 Å². The third kappa shape index (κ3) is 10.9. The smallest absolute Gasteiger partial charge is 0.311 e. The molecule has 41 heavy (non-hydrogen) atoms. The van der Waals surface area contributed by atoms with Crippen LogP contribution in [0.3, 0.4) is 0 Å². The molecule has 0 spiro atoms. The Morgan fingerprint density at radius 2 is 1.32 bits per heavy atom. The van der Waals surface area contributed by atoms with Gasteiger partial charge in [0, 0.05) is 6.42 Å². The van der Waals surface area contributed by atoms with Crippen LogP contribution in [-0.2, 0) is 4.79 Å². The van der Waals surface area contributed by atoms with Crippen LogP contribution in [0.25, 0.3) is 6.08 Å². The number of benzene rings is 2. The summed E-state index contributed by atoms with van der Waals surface area (Å²) in [6, 6.07) is 10.3. The molecule has 224 valence electrons. The van der Waals surface area contributed by atoms with E-state index in [9.17, 15) is 9.59 Å². The zero-order chi connectivity index (χ0) is 29.3. The highest BCUT2D eigenvalue weighted by Crippen LogP contribution is 2.35. The van der Waals surface area contributed by atoms with Gasteiger partial charge in [-0.1, -0.05) is 103 Å². The van der Waals surface area contributed by atoms with Gasteiger partial charge in [-0.25, -0.2) is 0 Å². The maximum Gasteiger partial charge on any atom is 0.311 e.